The van der Waals surface area contributed by atoms with Crippen LogP contribution in [0.1, 0.15) is 6.92 Å². The summed E-state index contributed by atoms with van der Waals surface area (Å²) in [5.74, 6) is -4.87. The van der Waals surface area contributed by atoms with E-state index in [-0.39, 0.29) is 11.4 Å². The Hall–Kier alpha value is -3.04. The topological polar surface area (TPSA) is 127 Å². The zero-order valence-electron chi connectivity index (χ0n) is 10.5. The van der Waals surface area contributed by atoms with Crippen LogP contribution in [-0.2, 0) is 9.59 Å². The minimum absolute atomic E-state index is 0.278. The van der Waals surface area contributed by atoms with Crippen LogP contribution in [0.25, 0.3) is 0 Å². The quantitative estimate of drug-likeness (QED) is 0.564. The third-order valence-corrected chi connectivity index (χ3v) is 2.74. The van der Waals surface area contributed by atoms with Crippen LogP contribution < -0.4 is 16.4 Å². The first-order valence-electron chi connectivity index (χ1n) is 5.49. The van der Waals surface area contributed by atoms with Gasteiger partial charge >= 0.3 is 5.69 Å². The Morgan fingerprint density at radius 2 is 1.90 bits per heavy atom. The molecule has 1 aromatic rings. The van der Waals surface area contributed by atoms with E-state index in [0.29, 0.717) is 6.07 Å². The van der Waals surface area contributed by atoms with Crippen molar-refractivity contribution in [3.63, 3.8) is 0 Å². The van der Waals surface area contributed by atoms with Crippen LogP contribution in [0.4, 0.5) is 25.8 Å². The fourth-order valence-electron chi connectivity index (χ4n) is 1.84. The number of primary amides is 1. The third kappa shape index (κ3) is 2.26. The number of nitro groups is 1. The van der Waals surface area contributed by atoms with Gasteiger partial charge in [0.25, 0.3) is 5.91 Å². The highest BCUT2D eigenvalue weighted by Crippen LogP contribution is 2.40. The zero-order valence-corrected chi connectivity index (χ0v) is 10.5. The van der Waals surface area contributed by atoms with E-state index in [9.17, 15) is 28.5 Å². The molecule has 110 valence electrons. The number of hydrogen-bond acceptors (Lipinski definition) is 6. The number of Topliss-reactive ketones (excluding diaryl/α,β-unsaturated/α-hetero) is 1. The van der Waals surface area contributed by atoms with Crippen LogP contribution in [0.5, 0.6) is 0 Å². The molecule has 10 heteroatoms. The molecule has 0 aliphatic carbocycles. The molecule has 1 heterocycles. The molecular formula is C11H8F2N4O4. The van der Waals surface area contributed by atoms with Gasteiger partial charge in [-0.05, 0) is 0 Å². The second-order valence-corrected chi connectivity index (χ2v) is 4.12. The summed E-state index contributed by atoms with van der Waals surface area (Å²) in [6.45, 7) is 1.07. The van der Waals surface area contributed by atoms with Crippen LogP contribution in [0, 0.1) is 21.7 Å². The Morgan fingerprint density at radius 3 is 2.38 bits per heavy atom. The predicted octanol–water partition coefficient (Wildman–Crippen LogP) is 0.996. The third-order valence-electron chi connectivity index (χ3n) is 2.74. The number of carbonyl (C=O) groups is 2. The largest absolute Gasteiger partial charge is 0.364 e. The van der Waals surface area contributed by atoms with Crippen LogP contribution in [0.2, 0.25) is 0 Å². The van der Waals surface area contributed by atoms with Crippen LogP contribution in [0.15, 0.2) is 17.5 Å². The van der Waals surface area contributed by atoms with Crippen LogP contribution in [-0.4, -0.2) is 16.6 Å². The Balaban J connectivity index is 2.71. The fraction of sp³-hybridized carbons (Fsp3) is 0.0909. The number of nitrogens with zero attached hydrogens (tertiary/aromatic N) is 1. The van der Waals surface area contributed by atoms with Gasteiger partial charge in [0.2, 0.25) is 5.82 Å². The summed E-state index contributed by atoms with van der Waals surface area (Å²) in [4.78, 5) is 32.4. The lowest BCUT2D eigenvalue weighted by atomic mass is 10.1. The molecule has 2 rings (SSSR count). The van der Waals surface area contributed by atoms with Gasteiger partial charge in [-0.15, -0.1) is 0 Å². The van der Waals surface area contributed by atoms with Crippen LogP contribution in [0.3, 0.4) is 0 Å². The lowest BCUT2D eigenvalue weighted by Crippen LogP contribution is -2.30. The van der Waals surface area contributed by atoms with Crippen molar-refractivity contribution in [2.75, 3.05) is 10.6 Å². The van der Waals surface area contributed by atoms with Gasteiger partial charge in [-0.3, -0.25) is 19.7 Å². The van der Waals surface area contributed by atoms with Gasteiger partial charge in [0, 0.05) is 13.0 Å². The number of allylic oxidation sites excluding steroid dienone is 1. The average molecular weight is 298 g/mol. The maximum Gasteiger partial charge on any atom is 0.333 e. The monoisotopic (exact) mass is 298 g/mol. The normalized spacial score (nSPS) is 13.1. The molecule has 1 amide bonds. The standard InChI is InChI=1S/C11H8F2N4O4/c1-3(18)7-9(11(14)19)15-5-2-4(12)6(13)10(17(20)21)8(5)16-7/h2,15-16H,1H3,(H2,14,19). The highest BCUT2D eigenvalue weighted by atomic mass is 19.2. The summed E-state index contributed by atoms with van der Waals surface area (Å²) in [6.07, 6.45) is 0. The minimum Gasteiger partial charge on any atom is -0.364 e. The highest BCUT2D eigenvalue weighted by molar-refractivity contribution is 6.10. The molecule has 1 aromatic carbocycles. The Bertz CT molecular complexity index is 729. The molecule has 0 atom stereocenters. The Kier molecular flexibility index (Phi) is 3.29. The minimum atomic E-state index is -1.68. The van der Waals surface area contributed by atoms with E-state index < -0.39 is 45.3 Å². The van der Waals surface area contributed by atoms with Crippen molar-refractivity contribution in [1.29, 1.82) is 0 Å². The first-order valence-corrected chi connectivity index (χ1v) is 5.49. The number of nitrogens with one attached hydrogen (secondary N) is 2. The SMILES string of the molecule is CC(=O)C1=C(C(N)=O)Nc2cc(F)c(F)c([N+](=O)[O-])c2N1. The molecule has 0 bridgehead atoms. The van der Waals surface area contributed by atoms with Crippen molar-refractivity contribution in [1.82, 2.24) is 0 Å². The smallest absolute Gasteiger partial charge is 0.333 e. The number of amides is 1. The van der Waals surface area contributed by atoms with Gasteiger partial charge in [-0.2, -0.15) is 4.39 Å². The number of nitrogens with two attached hydrogens (primary N) is 1. The number of halogens is 2. The summed E-state index contributed by atoms with van der Waals surface area (Å²) < 4.78 is 26.9. The average Bonchev–Trinajstić information content (AvgIpc) is 2.38. The van der Waals surface area contributed by atoms with E-state index in [2.05, 4.69) is 10.6 Å². The van der Waals surface area contributed by atoms with Crippen molar-refractivity contribution in [2.24, 2.45) is 5.73 Å². The molecule has 0 saturated heterocycles. The van der Waals surface area contributed by atoms with Gasteiger partial charge in [-0.25, -0.2) is 4.39 Å². The summed E-state index contributed by atoms with van der Waals surface area (Å²) in [5, 5.41) is 15.4. The van der Waals surface area contributed by atoms with Gasteiger partial charge in [0.1, 0.15) is 17.1 Å². The molecule has 21 heavy (non-hydrogen) atoms. The van der Waals surface area contributed by atoms with Crippen molar-refractivity contribution in [2.45, 2.75) is 6.92 Å². The molecule has 0 radical (unpaired) electrons. The lowest BCUT2D eigenvalue weighted by molar-refractivity contribution is -0.386. The van der Waals surface area contributed by atoms with Crippen molar-refractivity contribution < 1.29 is 23.3 Å². The summed E-state index contributed by atoms with van der Waals surface area (Å²) in [7, 11) is 0. The van der Waals surface area contributed by atoms with Gasteiger partial charge < -0.3 is 16.4 Å². The van der Waals surface area contributed by atoms with Crippen molar-refractivity contribution >= 4 is 28.8 Å². The first-order chi connectivity index (χ1) is 9.73. The second kappa shape index (κ2) is 4.81. The van der Waals surface area contributed by atoms with Crippen molar-refractivity contribution in [3.05, 3.63) is 39.2 Å². The second-order valence-electron chi connectivity index (χ2n) is 4.12. The fourth-order valence-corrected chi connectivity index (χ4v) is 1.84. The highest BCUT2D eigenvalue weighted by Gasteiger charge is 2.33. The lowest BCUT2D eigenvalue weighted by Gasteiger charge is -2.23. The summed E-state index contributed by atoms with van der Waals surface area (Å²) >= 11 is 0. The van der Waals surface area contributed by atoms with E-state index in [1.165, 1.54) is 0 Å². The number of rotatable bonds is 3. The van der Waals surface area contributed by atoms with E-state index >= 15 is 0 Å². The van der Waals surface area contributed by atoms with E-state index in [1.807, 2.05) is 0 Å². The number of carbonyl (C=O) groups excluding carboxylic acids is 2. The number of anilines is 2. The zero-order chi connectivity index (χ0) is 15.9. The number of ketones is 1. The predicted molar refractivity (Wildman–Crippen MR) is 67.2 cm³/mol. The maximum absolute atomic E-state index is 13.5. The molecule has 0 spiro atoms. The summed E-state index contributed by atoms with van der Waals surface area (Å²) in [6, 6.07) is 0.616. The molecule has 4 N–H and O–H groups in total. The number of hydrogen-bond donors (Lipinski definition) is 3. The van der Waals surface area contributed by atoms with E-state index in [1.54, 1.807) is 0 Å². The van der Waals surface area contributed by atoms with E-state index in [0.717, 1.165) is 6.92 Å². The van der Waals surface area contributed by atoms with Gasteiger partial charge in [0.05, 0.1) is 10.6 Å². The number of nitro benzene ring substituents is 1. The molecule has 0 fully saturated rings. The molecule has 8 nitrogen and oxygen atoms in total. The van der Waals surface area contributed by atoms with Gasteiger partial charge in [-0.1, -0.05) is 0 Å². The number of benzene rings is 1. The molecular weight excluding hydrogens is 290 g/mol. The Labute approximate surface area is 115 Å². The van der Waals surface area contributed by atoms with Crippen molar-refractivity contribution in [3.8, 4) is 0 Å². The molecule has 0 aromatic heterocycles. The molecule has 1 aliphatic heterocycles. The number of fused-ring (bicyclic) bond motifs is 1. The summed E-state index contributed by atoms with van der Waals surface area (Å²) in [5.41, 5.74) is 2.38. The van der Waals surface area contributed by atoms with E-state index in [4.69, 9.17) is 5.73 Å². The van der Waals surface area contributed by atoms with Crippen LogP contribution >= 0.6 is 0 Å². The maximum atomic E-state index is 13.5. The van der Waals surface area contributed by atoms with Gasteiger partial charge in [0.15, 0.2) is 11.6 Å². The first kappa shape index (κ1) is 14.4. The molecule has 0 unspecified atom stereocenters. The Morgan fingerprint density at radius 1 is 1.29 bits per heavy atom. The molecule has 0 saturated carbocycles. The molecule has 1 aliphatic rings.